The van der Waals surface area contributed by atoms with Gasteiger partial charge in [0.15, 0.2) is 0 Å². The number of aliphatic hydroxyl groups is 1. The number of quaternary nitrogens is 1. The summed E-state index contributed by atoms with van der Waals surface area (Å²) in [5, 5.41) is 9.02. The zero-order chi connectivity index (χ0) is 13.8. The first-order valence-corrected chi connectivity index (χ1v) is 8.00. The maximum atomic E-state index is 9.02. The highest BCUT2D eigenvalue weighted by atomic mass is 127. The molecule has 0 radical (unpaired) electrons. The summed E-state index contributed by atoms with van der Waals surface area (Å²) in [5.41, 5.74) is 1.33. The summed E-state index contributed by atoms with van der Waals surface area (Å²) < 4.78 is 8.52. The van der Waals surface area contributed by atoms with Gasteiger partial charge in [-0.15, -0.1) is 0 Å². The van der Waals surface area contributed by atoms with E-state index in [1.807, 2.05) is 0 Å². The van der Waals surface area contributed by atoms with Crippen LogP contribution < -0.4 is 4.74 Å². The lowest BCUT2D eigenvalue weighted by Crippen LogP contribution is -2.43. The van der Waals surface area contributed by atoms with E-state index in [-0.39, 0.29) is 6.61 Å². The van der Waals surface area contributed by atoms with Crippen LogP contribution in [0.4, 0.5) is 0 Å². The molecule has 0 atom stereocenters. The van der Waals surface area contributed by atoms with E-state index in [4.69, 9.17) is 9.84 Å². The summed E-state index contributed by atoms with van der Waals surface area (Å²) in [6, 6.07) is 4.36. The Hall–Kier alpha value is 0.400. The molecule has 0 bridgehead atoms. The van der Waals surface area contributed by atoms with Crippen molar-refractivity contribution in [3.8, 4) is 5.75 Å². The summed E-state index contributed by atoms with van der Waals surface area (Å²) in [6.07, 6.45) is 1.02. The summed E-state index contributed by atoms with van der Waals surface area (Å²) in [4.78, 5) is 0. The molecule has 0 saturated carbocycles. The van der Waals surface area contributed by atoms with Gasteiger partial charge in [0.05, 0.1) is 41.5 Å². The number of hydrogen-bond acceptors (Lipinski definition) is 2. The second kappa shape index (κ2) is 7.25. The maximum Gasteiger partial charge on any atom is 0.145 e. The van der Waals surface area contributed by atoms with Crippen LogP contribution in [0, 0.1) is 7.14 Å². The number of halogens is 2. The van der Waals surface area contributed by atoms with Crippen molar-refractivity contribution in [1.29, 1.82) is 0 Å². The van der Waals surface area contributed by atoms with Crippen LogP contribution in [-0.4, -0.2) is 50.5 Å². The van der Waals surface area contributed by atoms with Crippen molar-refractivity contribution >= 4 is 45.2 Å². The van der Waals surface area contributed by atoms with Gasteiger partial charge in [-0.3, -0.25) is 0 Å². The van der Waals surface area contributed by atoms with E-state index in [1.54, 1.807) is 7.11 Å². The third-order valence-electron chi connectivity index (χ3n) is 2.97. The lowest BCUT2D eigenvalue weighted by Gasteiger charge is -2.29. The fourth-order valence-electron chi connectivity index (χ4n) is 1.77. The first-order chi connectivity index (χ1) is 8.39. The molecule has 1 aromatic rings. The molecule has 1 N–H and O–H groups in total. The van der Waals surface area contributed by atoms with Crippen LogP contribution in [0.5, 0.6) is 5.75 Å². The number of ether oxygens (including phenoxy) is 1. The number of likely N-dealkylation sites (N-methyl/N-ethyl adjacent to an activating group) is 1. The fraction of sp³-hybridized carbons (Fsp3) is 0.538. The van der Waals surface area contributed by atoms with Gasteiger partial charge >= 0.3 is 0 Å². The lowest BCUT2D eigenvalue weighted by molar-refractivity contribution is -0.890. The van der Waals surface area contributed by atoms with Crippen LogP contribution in [0.2, 0.25) is 0 Å². The van der Waals surface area contributed by atoms with Gasteiger partial charge < -0.3 is 14.3 Å². The third-order valence-corrected chi connectivity index (χ3v) is 4.58. The van der Waals surface area contributed by atoms with Crippen molar-refractivity contribution in [2.45, 2.75) is 6.42 Å². The Balaban J connectivity index is 2.75. The van der Waals surface area contributed by atoms with Crippen molar-refractivity contribution < 1.29 is 14.3 Å². The molecule has 0 amide bonds. The van der Waals surface area contributed by atoms with Gasteiger partial charge in [-0.1, -0.05) is 0 Å². The molecule has 0 aromatic heterocycles. The number of rotatable bonds is 6. The first kappa shape index (κ1) is 16.5. The van der Waals surface area contributed by atoms with E-state index < -0.39 is 0 Å². The SMILES string of the molecule is COc1c(I)cc(CC[N+](C)(C)CCO)cc1I. The predicted octanol–water partition coefficient (Wildman–Crippen LogP) is 2.52. The Bertz CT molecular complexity index is 385. The zero-order valence-corrected chi connectivity index (χ0v) is 15.4. The largest absolute Gasteiger partial charge is 0.495 e. The normalized spacial score (nSPS) is 11.7. The second-order valence-electron chi connectivity index (χ2n) is 4.95. The molecule has 5 heteroatoms. The average molecular weight is 476 g/mol. The highest BCUT2D eigenvalue weighted by Crippen LogP contribution is 2.28. The molecule has 0 aliphatic carbocycles. The van der Waals surface area contributed by atoms with Crippen LogP contribution in [0.25, 0.3) is 0 Å². The number of aliphatic hydroxyl groups excluding tert-OH is 1. The zero-order valence-electron chi connectivity index (χ0n) is 11.0. The van der Waals surface area contributed by atoms with Gasteiger partial charge in [0.2, 0.25) is 0 Å². The smallest absolute Gasteiger partial charge is 0.145 e. The molecule has 0 unspecified atom stereocenters. The van der Waals surface area contributed by atoms with E-state index >= 15 is 0 Å². The van der Waals surface area contributed by atoms with E-state index in [0.29, 0.717) is 0 Å². The predicted molar refractivity (Wildman–Crippen MR) is 91.1 cm³/mol. The molecule has 0 spiro atoms. The van der Waals surface area contributed by atoms with Crippen LogP contribution in [0.15, 0.2) is 12.1 Å². The minimum atomic E-state index is 0.241. The van der Waals surface area contributed by atoms with Crippen LogP contribution in [0.1, 0.15) is 5.56 Å². The highest BCUT2D eigenvalue weighted by Gasteiger charge is 2.15. The van der Waals surface area contributed by atoms with E-state index in [1.165, 1.54) is 5.56 Å². The third kappa shape index (κ3) is 4.82. The molecule has 102 valence electrons. The standard InChI is InChI=1S/C13H20I2NO2/c1-16(2,6-7-17)5-4-10-8-11(14)13(18-3)12(15)9-10/h8-9,17H,4-7H2,1-3H3/q+1. The lowest BCUT2D eigenvalue weighted by atomic mass is 10.1. The Labute approximate surface area is 136 Å². The van der Waals surface area contributed by atoms with Crippen LogP contribution >= 0.6 is 45.2 Å². The Morgan fingerprint density at radius 1 is 1.17 bits per heavy atom. The topological polar surface area (TPSA) is 29.5 Å². The summed E-state index contributed by atoms with van der Waals surface area (Å²) >= 11 is 4.63. The van der Waals surface area contributed by atoms with E-state index in [2.05, 4.69) is 71.4 Å². The van der Waals surface area contributed by atoms with E-state index in [0.717, 1.165) is 36.9 Å². The first-order valence-electron chi connectivity index (χ1n) is 5.84. The molecule has 0 saturated heterocycles. The molecule has 0 heterocycles. The highest BCUT2D eigenvalue weighted by molar-refractivity contribution is 14.1. The Morgan fingerprint density at radius 2 is 1.72 bits per heavy atom. The van der Waals surface area contributed by atoms with Crippen LogP contribution in [-0.2, 0) is 6.42 Å². The van der Waals surface area contributed by atoms with E-state index in [9.17, 15) is 0 Å². The molecule has 3 nitrogen and oxygen atoms in total. The quantitative estimate of drug-likeness (QED) is 0.506. The summed E-state index contributed by atoms with van der Waals surface area (Å²) in [6.45, 7) is 2.06. The molecule has 1 rings (SSSR count). The number of benzene rings is 1. The fourth-order valence-corrected chi connectivity index (χ4v) is 4.10. The van der Waals surface area contributed by atoms with Gasteiger partial charge in [0, 0.05) is 6.42 Å². The molecule has 18 heavy (non-hydrogen) atoms. The van der Waals surface area contributed by atoms with Gasteiger partial charge in [-0.05, 0) is 62.9 Å². The number of hydrogen-bond donors (Lipinski definition) is 1. The van der Waals surface area contributed by atoms with Crippen molar-refractivity contribution in [1.82, 2.24) is 0 Å². The molecule has 0 fully saturated rings. The molecule has 0 aliphatic heterocycles. The molecule has 1 aromatic carbocycles. The molecule has 0 aliphatic rings. The van der Waals surface area contributed by atoms with Crippen molar-refractivity contribution in [2.24, 2.45) is 0 Å². The van der Waals surface area contributed by atoms with Gasteiger partial charge in [-0.25, -0.2) is 0 Å². The van der Waals surface area contributed by atoms with Crippen molar-refractivity contribution in [3.63, 3.8) is 0 Å². The Morgan fingerprint density at radius 3 is 2.17 bits per heavy atom. The number of methoxy groups -OCH3 is 1. The van der Waals surface area contributed by atoms with Gasteiger partial charge in [-0.2, -0.15) is 0 Å². The maximum absolute atomic E-state index is 9.02. The average Bonchev–Trinajstić information content (AvgIpc) is 2.26. The molecular weight excluding hydrogens is 456 g/mol. The second-order valence-corrected chi connectivity index (χ2v) is 7.27. The van der Waals surface area contributed by atoms with Crippen molar-refractivity contribution in [2.75, 3.05) is 40.9 Å². The van der Waals surface area contributed by atoms with Gasteiger partial charge in [0.1, 0.15) is 12.3 Å². The van der Waals surface area contributed by atoms with Crippen molar-refractivity contribution in [3.05, 3.63) is 24.8 Å². The van der Waals surface area contributed by atoms with Gasteiger partial charge in [0.25, 0.3) is 0 Å². The summed E-state index contributed by atoms with van der Waals surface area (Å²) in [5.74, 6) is 0.962. The minimum absolute atomic E-state index is 0.241. The Kier molecular flexibility index (Phi) is 6.63. The number of nitrogens with zero attached hydrogens (tertiary/aromatic N) is 1. The minimum Gasteiger partial charge on any atom is -0.495 e. The van der Waals surface area contributed by atoms with Crippen LogP contribution in [0.3, 0.4) is 0 Å². The summed E-state index contributed by atoms with van der Waals surface area (Å²) in [7, 11) is 6.01. The molecular formula is C13H20I2NO2+. The monoisotopic (exact) mass is 476 g/mol.